The summed E-state index contributed by atoms with van der Waals surface area (Å²) in [7, 11) is 2.03. The van der Waals surface area contributed by atoms with Crippen molar-refractivity contribution in [3.63, 3.8) is 0 Å². The maximum atomic E-state index is 15.2. The average Bonchev–Trinajstić information content (AvgIpc) is 3.45. The number of carbonyl (C=O) groups excluding carboxylic acids is 2. The lowest BCUT2D eigenvalue weighted by atomic mass is 9.91. The number of rotatable bonds is 4. The molecule has 12 heteroatoms. The van der Waals surface area contributed by atoms with Crippen molar-refractivity contribution in [1.29, 1.82) is 0 Å². The van der Waals surface area contributed by atoms with Crippen LogP contribution in [0.15, 0.2) is 29.9 Å². The molecule has 0 spiro atoms. The minimum absolute atomic E-state index is 0.0256. The molecule has 1 saturated heterocycles. The maximum Gasteiger partial charge on any atom is 0.410 e. The topological polar surface area (TPSA) is 130 Å². The number of carbonyl (C=O) groups is 2. The van der Waals surface area contributed by atoms with Crippen molar-refractivity contribution in [2.24, 2.45) is 11.8 Å². The molecule has 1 aliphatic carbocycles. The molecule has 2 aromatic rings. The molecular weight excluding hydrogens is 593 g/mol. The van der Waals surface area contributed by atoms with Gasteiger partial charge in [-0.05, 0) is 87.8 Å². The summed E-state index contributed by atoms with van der Waals surface area (Å²) in [6.45, 7) is 8.50. The van der Waals surface area contributed by atoms with Crippen molar-refractivity contribution in [1.82, 2.24) is 24.8 Å². The summed E-state index contributed by atoms with van der Waals surface area (Å²) in [5.74, 6) is -1.41. The Bertz CT molecular complexity index is 1430. The fourth-order valence-electron chi connectivity index (χ4n) is 6.65. The number of aliphatic hydroxyl groups is 2. The van der Waals surface area contributed by atoms with E-state index in [0.717, 1.165) is 25.9 Å². The Morgan fingerprint density at radius 2 is 1.72 bits per heavy atom. The summed E-state index contributed by atoms with van der Waals surface area (Å²) in [5, 5.41) is 28.9. The Balaban J connectivity index is 1.39. The lowest BCUT2D eigenvalue weighted by molar-refractivity contribution is -0.151. The lowest BCUT2D eigenvalue weighted by Crippen LogP contribution is -2.48. The normalized spacial score (nSPS) is 31.5. The van der Waals surface area contributed by atoms with Crippen molar-refractivity contribution in [3.05, 3.63) is 41.2 Å². The zero-order valence-electron chi connectivity index (χ0n) is 27.3. The van der Waals surface area contributed by atoms with Gasteiger partial charge in [0, 0.05) is 32.1 Å². The number of hydrogen-bond acceptors (Lipinski definition) is 9. The summed E-state index contributed by atoms with van der Waals surface area (Å²) >= 11 is 0. The van der Waals surface area contributed by atoms with E-state index in [-0.39, 0.29) is 42.0 Å². The highest BCUT2D eigenvalue weighted by Gasteiger charge is 2.30. The van der Waals surface area contributed by atoms with Crippen LogP contribution in [-0.4, -0.2) is 105 Å². The summed E-state index contributed by atoms with van der Waals surface area (Å²) in [6, 6.07) is 3.26. The van der Waals surface area contributed by atoms with E-state index < -0.39 is 30.1 Å². The van der Waals surface area contributed by atoms with Gasteiger partial charge >= 0.3 is 12.1 Å². The molecule has 3 aliphatic rings. The number of hydrogen-bond donors (Lipinski definition) is 2. The Labute approximate surface area is 270 Å². The number of aliphatic hydroxyl groups excluding tert-OH is 2. The van der Waals surface area contributed by atoms with E-state index in [9.17, 15) is 19.8 Å². The Hall–Kier alpha value is -3.35. The van der Waals surface area contributed by atoms with E-state index in [0.29, 0.717) is 55.4 Å². The molecular formula is C34H48FN5O6. The molecule has 46 heavy (non-hydrogen) atoms. The molecule has 5 atom stereocenters. The van der Waals surface area contributed by atoms with Gasteiger partial charge in [0.2, 0.25) is 0 Å². The number of ether oxygens (including phenoxy) is 2. The molecule has 2 N–H and O–H groups in total. The van der Waals surface area contributed by atoms with Gasteiger partial charge in [-0.3, -0.25) is 4.79 Å². The van der Waals surface area contributed by atoms with Gasteiger partial charge < -0.3 is 29.5 Å². The molecule has 2 fully saturated rings. The Morgan fingerprint density at radius 3 is 2.43 bits per heavy atom. The first kappa shape index (κ1) is 34.0. The number of benzene rings is 1. The third kappa shape index (κ3) is 8.32. The predicted molar refractivity (Wildman–Crippen MR) is 171 cm³/mol. The number of halogens is 1. The minimum Gasteiger partial charge on any atom is -0.457 e. The number of fused-ring (bicyclic) bond motifs is 1. The number of piperazine rings is 1. The van der Waals surface area contributed by atoms with Gasteiger partial charge in [0.1, 0.15) is 17.7 Å². The first-order valence-corrected chi connectivity index (χ1v) is 16.6. The van der Waals surface area contributed by atoms with Gasteiger partial charge in [-0.1, -0.05) is 31.2 Å². The predicted octanol–water partition coefficient (Wildman–Crippen LogP) is 4.49. The zero-order chi connectivity index (χ0) is 33.0. The Morgan fingerprint density at radius 1 is 1.02 bits per heavy atom. The summed E-state index contributed by atoms with van der Waals surface area (Å²) in [6.07, 6.45) is 6.34. The van der Waals surface area contributed by atoms with Crippen LogP contribution < -0.4 is 0 Å². The molecule has 1 saturated carbocycles. The molecule has 0 bridgehead atoms. The van der Waals surface area contributed by atoms with Crippen LogP contribution in [-0.2, 0) is 14.3 Å². The highest BCUT2D eigenvalue weighted by atomic mass is 19.1. The van der Waals surface area contributed by atoms with Crippen LogP contribution in [0.25, 0.3) is 17.1 Å². The Kier molecular flexibility index (Phi) is 11.1. The first-order valence-electron chi connectivity index (χ1n) is 16.6. The van der Waals surface area contributed by atoms with Crippen LogP contribution in [0.3, 0.4) is 0 Å². The second-order valence-electron chi connectivity index (χ2n) is 13.5. The largest absolute Gasteiger partial charge is 0.457 e. The summed E-state index contributed by atoms with van der Waals surface area (Å²) < 4.78 is 28.9. The fraction of sp³-hybridized carbons (Fsp3) is 0.647. The third-order valence-electron chi connectivity index (χ3n) is 9.67. The van der Waals surface area contributed by atoms with Crippen LogP contribution in [0.1, 0.15) is 77.3 Å². The third-order valence-corrected chi connectivity index (χ3v) is 9.67. The molecule has 2 aliphatic heterocycles. The standard InChI is InChI=1S/C34H48FN5O6/c1-21-5-9-27(42)20-31(43)46-33(22(2)6-12-30(21)45-34(44)39-15-13-38(4)14-16-39)23(3)17-24-18-28(35)32-29(19-24)40(37-36-32)25-7-10-26(41)11-8-25/h6,12,17-19,21-22,25-27,30,33,41-42H,5,7-11,13-16,20H2,1-4H3/b12-6-,23-17+/t21-,22-,25?,26?,27+,30-,33-/m0/s1. The number of nitrogens with zero attached hydrogens (tertiary/aromatic N) is 5. The number of amides is 1. The fourth-order valence-corrected chi connectivity index (χ4v) is 6.65. The maximum absolute atomic E-state index is 15.2. The SMILES string of the molecule is C/C(=C\c1cc(F)c2nnn(C3CCC(O)CC3)c2c1)[C@H]1OC(=O)C[C@H](O)CC[C@H](C)[C@@H](OC(=O)N2CCN(C)CC2)/C=C\[C@@H]1C. The van der Waals surface area contributed by atoms with Crippen LogP contribution in [0.4, 0.5) is 9.18 Å². The minimum atomic E-state index is -0.891. The van der Waals surface area contributed by atoms with E-state index in [1.807, 2.05) is 46.0 Å². The van der Waals surface area contributed by atoms with E-state index in [4.69, 9.17) is 9.47 Å². The molecule has 1 amide bonds. The molecule has 0 unspecified atom stereocenters. The molecule has 11 nitrogen and oxygen atoms in total. The van der Waals surface area contributed by atoms with Gasteiger partial charge in [-0.15, -0.1) is 5.10 Å². The second-order valence-corrected chi connectivity index (χ2v) is 13.5. The first-order chi connectivity index (χ1) is 22.0. The average molecular weight is 642 g/mol. The van der Waals surface area contributed by atoms with E-state index in [2.05, 4.69) is 15.2 Å². The van der Waals surface area contributed by atoms with Crippen LogP contribution >= 0.6 is 0 Å². The van der Waals surface area contributed by atoms with Gasteiger partial charge in [-0.25, -0.2) is 13.9 Å². The summed E-state index contributed by atoms with van der Waals surface area (Å²) in [4.78, 5) is 29.9. The quantitative estimate of drug-likeness (QED) is 0.367. The van der Waals surface area contributed by atoms with Crippen molar-refractivity contribution in [3.8, 4) is 0 Å². The zero-order valence-corrected chi connectivity index (χ0v) is 27.3. The van der Waals surface area contributed by atoms with Crippen molar-refractivity contribution >= 4 is 29.2 Å². The highest BCUT2D eigenvalue weighted by Crippen LogP contribution is 2.32. The van der Waals surface area contributed by atoms with Crippen LogP contribution in [0.2, 0.25) is 0 Å². The second kappa shape index (κ2) is 15.0. The highest BCUT2D eigenvalue weighted by molar-refractivity contribution is 5.79. The number of cyclic esters (lactones) is 1. The van der Waals surface area contributed by atoms with Crippen molar-refractivity contribution in [2.45, 2.75) is 96.2 Å². The molecule has 0 radical (unpaired) electrons. The number of likely N-dealkylation sites (N-methyl/N-ethyl adjacent to an activating group) is 1. The summed E-state index contributed by atoms with van der Waals surface area (Å²) in [5.41, 5.74) is 2.03. The van der Waals surface area contributed by atoms with Crippen molar-refractivity contribution < 1.29 is 33.7 Å². The van der Waals surface area contributed by atoms with Gasteiger partial charge in [0.25, 0.3) is 0 Å². The molecule has 5 rings (SSSR count). The lowest BCUT2D eigenvalue weighted by Gasteiger charge is -2.33. The molecule has 3 heterocycles. The monoisotopic (exact) mass is 641 g/mol. The van der Waals surface area contributed by atoms with Gasteiger partial charge in [0.15, 0.2) is 5.82 Å². The molecule has 252 valence electrons. The van der Waals surface area contributed by atoms with Gasteiger partial charge in [-0.2, -0.15) is 0 Å². The van der Waals surface area contributed by atoms with Crippen LogP contribution in [0.5, 0.6) is 0 Å². The number of esters is 1. The van der Waals surface area contributed by atoms with E-state index in [1.54, 1.807) is 15.7 Å². The smallest absolute Gasteiger partial charge is 0.410 e. The van der Waals surface area contributed by atoms with Gasteiger partial charge in [0.05, 0.1) is 30.2 Å². The number of aromatic nitrogens is 3. The molecule has 1 aromatic heterocycles. The van der Waals surface area contributed by atoms with E-state index in [1.165, 1.54) is 6.07 Å². The van der Waals surface area contributed by atoms with Crippen LogP contribution in [0, 0.1) is 17.7 Å². The van der Waals surface area contributed by atoms with E-state index >= 15 is 4.39 Å². The van der Waals surface area contributed by atoms with Crippen molar-refractivity contribution in [2.75, 3.05) is 33.2 Å². The molecule has 1 aromatic carbocycles.